The molecule has 0 fully saturated rings. The number of carbonyl (C=O) groups is 2. The van der Waals surface area contributed by atoms with Crippen molar-refractivity contribution >= 4 is 23.6 Å². The Bertz CT molecular complexity index is 1270. The summed E-state index contributed by atoms with van der Waals surface area (Å²) in [4.78, 5) is 27.9. The van der Waals surface area contributed by atoms with E-state index in [1.165, 1.54) is 11.0 Å². The molecule has 0 bridgehead atoms. The lowest BCUT2D eigenvalue weighted by atomic mass is 10.0. The van der Waals surface area contributed by atoms with Crippen molar-refractivity contribution in [2.45, 2.75) is 6.04 Å². The Labute approximate surface area is 202 Å². The fraction of sp³-hybridized carbons (Fsp3) is 0.185. The van der Waals surface area contributed by atoms with E-state index in [0.29, 0.717) is 47.5 Å². The van der Waals surface area contributed by atoms with Crippen LogP contribution in [0.3, 0.4) is 0 Å². The summed E-state index contributed by atoms with van der Waals surface area (Å²) in [6.45, 7) is 1.12. The predicted octanol–water partition coefficient (Wildman–Crippen LogP) is 4.04. The highest BCUT2D eigenvalue weighted by molar-refractivity contribution is 6.00. The molecule has 2 heterocycles. The molecule has 1 unspecified atom stereocenters. The van der Waals surface area contributed by atoms with Gasteiger partial charge in [0.15, 0.2) is 23.0 Å². The fourth-order valence-electron chi connectivity index (χ4n) is 3.95. The van der Waals surface area contributed by atoms with E-state index in [2.05, 4.69) is 5.32 Å². The third-order valence-corrected chi connectivity index (χ3v) is 5.72. The van der Waals surface area contributed by atoms with E-state index >= 15 is 0 Å². The van der Waals surface area contributed by atoms with E-state index in [1.54, 1.807) is 43.5 Å². The van der Waals surface area contributed by atoms with Crippen molar-refractivity contribution in [1.82, 2.24) is 4.90 Å². The maximum atomic E-state index is 13.4. The van der Waals surface area contributed by atoms with Crippen molar-refractivity contribution in [3.8, 4) is 23.0 Å². The number of likely N-dealkylation sites (N-methyl/N-ethyl adjacent to an activating group) is 1. The molecular formula is C27H24N2O6. The zero-order valence-corrected chi connectivity index (χ0v) is 19.1. The van der Waals surface area contributed by atoms with Crippen LogP contribution in [-0.4, -0.2) is 43.8 Å². The number of amides is 2. The summed E-state index contributed by atoms with van der Waals surface area (Å²) in [6.07, 6.45) is 3.12. The summed E-state index contributed by atoms with van der Waals surface area (Å²) in [7, 11) is 1.60. The second-order valence-electron chi connectivity index (χ2n) is 8.06. The largest absolute Gasteiger partial charge is 0.486 e. The van der Waals surface area contributed by atoms with Crippen LogP contribution in [0.4, 0.5) is 5.69 Å². The lowest BCUT2D eigenvalue weighted by Gasteiger charge is -2.27. The molecule has 178 valence electrons. The normalized spacial score (nSPS) is 14.4. The van der Waals surface area contributed by atoms with E-state index in [4.69, 9.17) is 18.9 Å². The van der Waals surface area contributed by atoms with Crippen molar-refractivity contribution in [2.75, 3.05) is 32.4 Å². The molecule has 2 amide bonds. The molecule has 8 nitrogen and oxygen atoms in total. The van der Waals surface area contributed by atoms with E-state index in [1.807, 2.05) is 36.4 Å². The van der Waals surface area contributed by atoms with Crippen LogP contribution in [0.25, 0.3) is 6.08 Å². The van der Waals surface area contributed by atoms with Crippen molar-refractivity contribution < 1.29 is 28.5 Å². The molecule has 0 aliphatic carbocycles. The number of ether oxygens (including phenoxy) is 4. The van der Waals surface area contributed by atoms with Crippen LogP contribution in [0.15, 0.2) is 72.8 Å². The van der Waals surface area contributed by atoms with Gasteiger partial charge >= 0.3 is 0 Å². The summed E-state index contributed by atoms with van der Waals surface area (Å²) >= 11 is 0. The van der Waals surface area contributed by atoms with Gasteiger partial charge in [-0.3, -0.25) is 9.59 Å². The topological polar surface area (TPSA) is 86.3 Å². The molecule has 8 heteroatoms. The average molecular weight is 472 g/mol. The van der Waals surface area contributed by atoms with Gasteiger partial charge in [-0.25, -0.2) is 0 Å². The maximum Gasteiger partial charge on any atom is 0.251 e. The Balaban J connectivity index is 1.35. The van der Waals surface area contributed by atoms with Gasteiger partial charge in [-0.15, -0.1) is 0 Å². The number of benzene rings is 3. The van der Waals surface area contributed by atoms with Crippen molar-refractivity contribution in [3.63, 3.8) is 0 Å². The highest BCUT2D eigenvalue weighted by Crippen LogP contribution is 2.34. The van der Waals surface area contributed by atoms with Crippen molar-refractivity contribution in [2.24, 2.45) is 0 Å². The third-order valence-electron chi connectivity index (χ3n) is 5.72. The van der Waals surface area contributed by atoms with E-state index in [0.717, 1.165) is 5.56 Å². The molecule has 0 saturated heterocycles. The van der Waals surface area contributed by atoms with Crippen molar-refractivity contribution in [3.05, 3.63) is 83.9 Å². The van der Waals surface area contributed by atoms with Gasteiger partial charge in [-0.1, -0.05) is 36.4 Å². The molecule has 2 aliphatic rings. The first-order valence-electron chi connectivity index (χ1n) is 11.2. The first kappa shape index (κ1) is 22.3. The van der Waals surface area contributed by atoms with Crippen LogP contribution >= 0.6 is 0 Å². The highest BCUT2D eigenvalue weighted by Gasteiger charge is 2.28. The Kier molecular flexibility index (Phi) is 6.26. The minimum atomic E-state index is -0.849. The minimum absolute atomic E-state index is 0.182. The zero-order valence-electron chi connectivity index (χ0n) is 19.1. The number of hydrogen-bond acceptors (Lipinski definition) is 6. The fourth-order valence-corrected chi connectivity index (χ4v) is 3.95. The number of carbonyl (C=O) groups excluding carboxylic acids is 2. The van der Waals surface area contributed by atoms with E-state index in [-0.39, 0.29) is 18.6 Å². The highest BCUT2D eigenvalue weighted by atomic mass is 16.7. The number of fused-ring (bicyclic) bond motifs is 2. The van der Waals surface area contributed by atoms with Gasteiger partial charge in [0, 0.05) is 24.9 Å². The summed E-state index contributed by atoms with van der Waals surface area (Å²) in [5.74, 6) is 1.84. The van der Waals surface area contributed by atoms with Gasteiger partial charge in [0.1, 0.15) is 19.3 Å². The lowest BCUT2D eigenvalue weighted by Crippen LogP contribution is -2.37. The molecule has 5 rings (SSSR count). The number of hydrogen-bond donors (Lipinski definition) is 1. The van der Waals surface area contributed by atoms with E-state index in [9.17, 15) is 9.59 Å². The molecule has 3 aromatic carbocycles. The van der Waals surface area contributed by atoms with Crippen LogP contribution < -0.4 is 24.3 Å². The smallest absolute Gasteiger partial charge is 0.251 e. The van der Waals surface area contributed by atoms with Crippen LogP contribution in [0.5, 0.6) is 23.0 Å². The van der Waals surface area contributed by atoms with E-state index < -0.39 is 6.04 Å². The molecular weight excluding hydrogens is 448 g/mol. The lowest BCUT2D eigenvalue weighted by molar-refractivity contribution is -0.133. The van der Waals surface area contributed by atoms with Crippen molar-refractivity contribution in [1.29, 1.82) is 0 Å². The molecule has 0 aromatic heterocycles. The number of rotatable bonds is 6. The Morgan fingerprint density at radius 2 is 1.54 bits per heavy atom. The quantitative estimate of drug-likeness (QED) is 0.545. The first-order chi connectivity index (χ1) is 17.1. The van der Waals surface area contributed by atoms with Crippen LogP contribution in [0, 0.1) is 0 Å². The first-order valence-corrected chi connectivity index (χ1v) is 11.2. The second-order valence-corrected chi connectivity index (χ2v) is 8.06. The Morgan fingerprint density at radius 1 is 0.857 bits per heavy atom. The summed E-state index contributed by atoms with van der Waals surface area (Å²) in [5.41, 5.74) is 2.03. The van der Waals surface area contributed by atoms with Gasteiger partial charge in [-0.05, 0) is 41.5 Å². The maximum absolute atomic E-state index is 13.4. The molecule has 0 radical (unpaired) electrons. The van der Waals surface area contributed by atoms with Gasteiger partial charge < -0.3 is 29.2 Å². The van der Waals surface area contributed by atoms with Crippen LogP contribution in [-0.2, 0) is 9.59 Å². The molecule has 1 N–H and O–H groups in total. The summed E-state index contributed by atoms with van der Waals surface area (Å²) < 4.78 is 21.9. The second kappa shape index (κ2) is 9.80. The molecule has 3 aromatic rings. The van der Waals surface area contributed by atoms with Gasteiger partial charge in [0.25, 0.3) is 5.91 Å². The summed E-state index contributed by atoms with van der Waals surface area (Å²) in [5, 5.41) is 2.91. The number of nitrogens with one attached hydrogen (secondary N) is 1. The average Bonchev–Trinajstić information content (AvgIpc) is 3.36. The van der Waals surface area contributed by atoms with Gasteiger partial charge in [-0.2, -0.15) is 0 Å². The zero-order chi connectivity index (χ0) is 24.2. The molecule has 2 aliphatic heterocycles. The molecule has 0 saturated carbocycles. The van der Waals surface area contributed by atoms with Gasteiger partial charge in [0.05, 0.1) is 0 Å². The number of anilines is 1. The Morgan fingerprint density at radius 3 is 2.37 bits per heavy atom. The molecule has 0 spiro atoms. The third kappa shape index (κ3) is 4.91. The molecule has 35 heavy (non-hydrogen) atoms. The minimum Gasteiger partial charge on any atom is -0.486 e. The Hall–Kier alpha value is -4.46. The predicted molar refractivity (Wildman–Crippen MR) is 130 cm³/mol. The summed E-state index contributed by atoms with van der Waals surface area (Å²) in [6, 6.07) is 19.0. The number of nitrogens with zero attached hydrogens (tertiary/aromatic N) is 1. The van der Waals surface area contributed by atoms with Crippen LogP contribution in [0.2, 0.25) is 0 Å². The van der Waals surface area contributed by atoms with Gasteiger partial charge in [0.2, 0.25) is 12.7 Å². The standard InChI is InChI=1S/C27H24N2O6/c1-29(25(30)12-8-18-7-10-22-23(15-18)35-17-34-22)26(19-5-3-2-4-6-19)27(31)28-20-9-11-21-24(16-20)33-14-13-32-21/h2-12,15-16,26H,13-14,17H2,1H3,(H,28,31)/b12-8-. The SMILES string of the molecule is CN(C(=O)/C=C\c1ccc2c(c1)OCO2)C(C(=O)Nc1ccc2c(c1)OCCO2)c1ccccc1. The van der Waals surface area contributed by atoms with Crippen LogP contribution in [0.1, 0.15) is 17.2 Å². The molecule has 1 atom stereocenters. The monoisotopic (exact) mass is 472 g/mol.